The summed E-state index contributed by atoms with van der Waals surface area (Å²) in [4.78, 5) is 10.9. The van der Waals surface area contributed by atoms with E-state index in [1.807, 2.05) is 0 Å². The van der Waals surface area contributed by atoms with Crippen molar-refractivity contribution in [3.63, 3.8) is 0 Å². The van der Waals surface area contributed by atoms with Gasteiger partial charge >= 0.3 is 5.97 Å². The largest absolute Gasteiger partial charge is 0.494 e. The Bertz CT molecular complexity index is 553. The molecule has 0 heterocycles. The lowest BCUT2D eigenvalue weighted by molar-refractivity contribution is 0.0695. The molecule has 0 unspecified atom stereocenters. The monoisotopic (exact) mass is 350 g/mol. The maximum Gasteiger partial charge on any atom is 0.336 e. The summed E-state index contributed by atoms with van der Waals surface area (Å²) in [5.41, 5.74) is 0.110. The number of hydrogen-bond acceptors (Lipinski definition) is 4. The zero-order valence-corrected chi connectivity index (χ0v) is 12.8. The van der Waals surface area contributed by atoms with Crippen LogP contribution in [0, 0.1) is 0 Å². The molecule has 0 aromatic heterocycles. The molecule has 0 aliphatic carbocycles. The van der Waals surface area contributed by atoms with Crippen molar-refractivity contribution in [2.24, 2.45) is 0 Å². The number of aromatic carboxylic acids is 1. The Kier molecular flexibility index (Phi) is 5.81. The standard InChI is InChI=1S/C12H15BrO5S/c1-2-19(16,17)7-3-6-18-9-4-5-11(13)10(8-9)12(14)15/h4-5,8H,2-3,6-7H2,1H3,(H,14,15). The van der Waals surface area contributed by atoms with Gasteiger partial charge < -0.3 is 9.84 Å². The summed E-state index contributed by atoms with van der Waals surface area (Å²) in [6.45, 7) is 1.84. The summed E-state index contributed by atoms with van der Waals surface area (Å²) in [5.74, 6) is -0.444. The Morgan fingerprint density at radius 1 is 1.42 bits per heavy atom. The summed E-state index contributed by atoms with van der Waals surface area (Å²) < 4.78 is 28.3. The summed E-state index contributed by atoms with van der Waals surface area (Å²) in [6, 6.07) is 4.62. The Morgan fingerprint density at radius 3 is 2.68 bits per heavy atom. The van der Waals surface area contributed by atoms with E-state index in [9.17, 15) is 13.2 Å². The van der Waals surface area contributed by atoms with Gasteiger partial charge in [-0.15, -0.1) is 0 Å². The van der Waals surface area contributed by atoms with Crippen LogP contribution < -0.4 is 4.74 Å². The highest BCUT2D eigenvalue weighted by Crippen LogP contribution is 2.22. The van der Waals surface area contributed by atoms with E-state index in [2.05, 4.69) is 15.9 Å². The Hall–Kier alpha value is -1.08. The fourth-order valence-corrected chi connectivity index (χ4v) is 2.63. The van der Waals surface area contributed by atoms with Crippen LogP contribution in [0.1, 0.15) is 23.7 Å². The molecule has 0 aliphatic heterocycles. The third-order valence-corrected chi connectivity index (χ3v) is 4.96. The molecule has 106 valence electrons. The first kappa shape index (κ1) is 16.0. The summed E-state index contributed by atoms with van der Waals surface area (Å²) in [5, 5.41) is 8.94. The first-order valence-electron chi connectivity index (χ1n) is 5.72. The van der Waals surface area contributed by atoms with Crippen molar-refractivity contribution in [3.8, 4) is 5.75 Å². The fourth-order valence-electron chi connectivity index (χ4n) is 1.37. The fraction of sp³-hybridized carbons (Fsp3) is 0.417. The molecule has 0 radical (unpaired) electrons. The van der Waals surface area contributed by atoms with Gasteiger partial charge in [-0.2, -0.15) is 0 Å². The van der Waals surface area contributed by atoms with Gasteiger partial charge in [0.15, 0.2) is 0 Å². The molecule has 0 amide bonds. The summed E-state index contributed by atoms with van der Waals surface area (Å²) in [7, 11) is -2.98. The third kappa shape index (κ3) is 5.20. The minimum absolute atomic E-state index is 0.0752. The highest BCUT2D eigenvalue weighted by molar-refractivity contribution is 9.10. The maximum atomic E-state index is 11.3. The number of hydrogen-bond donors (Lipinski definition) is 1. The quantitative estimate of drug-likeness (QED) is 0.763. The van der Waals surface area contributed by atoms with E-state index in [4.69, 9.17) is 9.84 Å². The van der Waals surface area contributed by atoms with Crippen molar-refractivity contribution >= 4 is 31.7 Å². The smallest absolute Gasteiger partial charge is 0.336 e. The molecule has 0 spiro atoms. The molecule has 1 aromatic carbocycles. The van der Waals surface area contributed by atoms with Crippen LogP contribution in [0.25, 0.3) is 0 Å². The van der Waals surface area contributed by atoms with E-state index in [1.165, 1.54) is 6.07 Å². The highest BCUT2D eigenvalue weighted by Gasteiger charge is 2.10. The van der Waals surface area contributed by atoms with Crippen molar-refractivity contribution in [1.29, 1.82) is 0 Å². The average Bonchev–Trinajstić information content (AvgIpc) is 2.36. The van der Waals surface area contributed by atoms with Crippen LogP contribution in [0.4, 0.5) is 0 Å². The van der Waals surface area contributed by atoms with Crippen molar-refractivity contribution in [3.05, 3.63) is 28.2 Å². The average molecular weight is 351 g/mol. The number of carboxylic acids is 1. The lowest BCUT2D eigenvalue weighted by Crippen LogP contribution is -2.12. The number of halogens is 1. The lowest BCUT2D eigenvalue weighted by Gasteiger charge is -2.08. The number of rotatable bonds is 7. The molecule has 1 rings (SSSR count). The molecule has 0 fully saturated rings. The maximum absolute atomic E-state index is 11.3. The van der Waals surface area contributed by atoms with Gasteiger partial charge in [0, 0.05) is 10.2 Å². The highest BCUT2D eigenvalue weighted by atomic mass is 79.9. The predicted molar refractivity (Wildman–Crippen MR) is 75.5 cm³/mol. The van der Waals surface area contributed by atoms with E-state index in [0.29, 0.717) is 16.6 Å². The molecule has 0 saturated carbocycles. The van der Waals surface area contributed by atoms with Crippen LogP contribution in [0.3, 0.4) is 0 Å². The minimum atomic E-state index is -2.98. The zero-order chi connectivity index (χ0) is 14.5. The number of ether oxygens (including phenoxy) is 1. The van der Waals surface area contributed by atoms with Gasteiger partial charge in [0.25, 0.3) is 0 Å². The van der Waals surface area contributed by atoms with Gasteiger partial charge in [-0.1, -0.05) is 6.92 Å². The van der Waals surface area contributed by atoms with Gasteiger partial charge in [-0.05, 0) is 40.5 Å². The molecular weight excluding hydrogens is 336 g/mol. The van der Waals surface area contributed by atoms with E-state index in [1.54, 1.807) is 19.1 Å². The first-order chi connectivity index (χ1) is 8.85. The zero-order valence-electron chi connectivity index (χ0n) is 10.4. The van der Waals surface area contributed by atoms with Crippen molar-refractivity contribution < 1.29 is 23.1 Å². The molecule has 0 saturated heterocycles. The molecule has 1 N–H and O–H groups in total. The molecule has 1 aromatic rings. The molecular formula is C12H15BrO5S. The topological polar surface area (TPSA) is 80.7 Å². The first-order valence-corrected chi connectivity index (χ1v) is 8.33. The van der Waals surface area contributed by atoms with Gasteiger partial charge in [0.2, 0.25) is 0 Å². The molecule has 0 atom stereocenters. The Labute approximate surface area is 120 Å². The lowest BCUT2D eigenvalue weighted by atomic mass is 10.2. The molecule has 19 heavy (non-hydrogen) atoms. The number of carboxylic acid groups (broad SMARTS) is 1. The summed E-state index contributed by atoms with van der Waals surface area (Å²) in [6.07, 6.45) is 0.384. The Morgan fingerprint density at radius 2 is 2.11 bits per heavy atom. The molecule has 7 heteroatoms. The van der Waals surface area contributed by atoms with E-state index in [0.717, 1.165) is 0 Å². The van der Waals surface area contributed by atoms with Gasteiger partial charge in [-0.3, -0.25) is 0 Å². The molecule has 5 nitrogen and oxygen atoms in total. The second-order valence-corrected chi connectivity index (χ2v) is 7.21. The van der Waals surface area contributed by atoms with Crippen LogP contribution in [0.15, 0.2) is 22.7 Å². The van der Waals surface area contributed by atoms with Crippen LogP contribution in [-0.4, -0.2) is 37.6 Å². The third-order valence-electron chi connectivity index (χ3n) is 2.48. The van der Waals surface area contributed by atoms with Crippen molar-refractivity contribution in [2.45, 2.75) is 13.3 Å². The van der Waals surface area contributed by atoms with E-state index < -0.39 is 15.8 Å². The van der Waals surface area contributed by atoms with Crippen molar-refractivity contribution in [2.75, 3.05) is 18.1 Å². The van der Waals surface area contributed by atoms with Gasteiger partial charge in [0.05, 0.1) is 17.9 Å². The van der Waals surface area contributed by atoms with E-state index in [-0.39, 0.29) is 23.7 Å². The minimum Gasteiger partial charge on any atom is -0.494 e. The second kappa shape index (κ2) is 6.91. The number of benzene rings is 1. The molecule has 0 aliphatic rings. The number of carbonyl (C=O) groups is 1. The molecule has 0 bridgehead atoms. The van der Waals surface area contributed by atoms with Gasteiger partial charge in [0.1, 0.15) is 15.6 Å². The Balaban J connectivity index is 2.55. The van der Waals surface area contributed by atoms with Crippen LogP contribution >= 0.6 is 15.9 Å². The summed E-state index contributed by atoms with van der Waals surface area (Å²) >= 11 is 3.13. The van der Waals surface area contributed by atoms with Crippen LogP contribution in [-0.2, 0) is 9.84 Å². The van der Waals surface area contributed by atoms with Crippen LogP contribution in [0.2, 0.25) is 0 Å². The second-order valence-electron chi connectivity index (χ2n) is 3.89. The van der Waals surface area contributed by atoms with Gasteiger partial charge in [-0.25, -0.2) is 13.2 Å². The normalized spacial score (nSPS) is 11.3. The predicted octanol–water partition coefficient (Wildman–Crippen LogP) is 2.35. The van der Waals surface area contributed by atoms with Crippen LogP contribution in [0.5, 0.6) is 5.75 Å². The van der Waals surface area contributed by atoms with E-state index >= 15 is 0 Å². The SMILES string of the molecule is CCS(=O)(=O)CCCOc1ccc(Br)c(C(=O)O)c1. The number of sulfone groups is 1. The van der Waals surface area contributed by atoms with Crippen molar-refractivity contribution in [1.82, 2.24) is 0 Å².